The average molecular weight is 420 g/mol. The first-order valence-corrected chi connectivity index (χ1v) is 12.3. The van der Waals surface area contributed by atoms with Crippen LogP contribution in [0.4, 0.5) is 0 Å². The van der Waals surface area contributed by atoms with Crippen molar-refractivity contribution in [2.75, 3.05) is 33.7 Å². The second kappa shape index (κ2) is 8.91. The van der Waals surface area contributed by atoms with Gasteiger partial charge < -0.3 is 14.4 Å². The summed E-state index contributed by atoms with van der Waals surface area (Å²) in [6.45, 7) is 5.30. The molecule has 1 saturated carbocycles. The minimum Gasteiger partial charge on any atom is -0.311 e. The van der Waals surface area contributed by atoms with Crippen LogP contribution in [0.15, 0.2) is 41.2 Å². The summed E-state index contributed by atoms with van der Waals surface area (Å²) >= 11 is 0. The maximum absolute atomic E-state index is 13.6. The molecule has 5 rings (SSSR count). The summed E-state index contributed by atoms with van der Waals surface area (Å²) < 4.78 is 2.12. The molecule has 1 aliphatic carbocycles. The highest BCUT2D eigenvalue weighted by atomic mass is 16.1. The number of hydrogen-bond donors (Lipinski definition) is 0. The van der Waals surface area contributed by atoms with E-state index in [9.17, 15) is 4.79 Å². The molecule has 0 unspecified atom stereocenters. The molecule has 166 valence electrons. The third kappa shape index (κ3) is 4.38. The molecule has 3 aliphatic rings. The minimum atomic E-state index is 0.208. The molecule has 2 aromatic rings. The number of aromatic nitrogens is 1. The van der Waals surface area contributed by atoms with E-state index in [2.05, 4.69) is 64.9 Å². The summed E-state index contributed by atoms with van der Waals surface area (Å²) in [6.07, 6.45) is 8.34. The number of rotatable bonds is 5. The van der Waals surface area contributed by atoms with Gasteiger partial charge in [0.1, 0.15) is 0 Å². The number of piperidine rings is 1. The first kappa shape index (κ1) is 21.0. The highest BCUT2D eigenvalue weighted by Crippen LogP contribution is 2.37. The molecule has 0 N–H and O–H groups in total. The van der Waals surface area contributed by atoms with Crippen molar-refractivity contribution < 1.29 is 0 Å². The second-order valence-electron chi connectivity index (χ2n) is 10.5. The van der Waals surface area contributed by atoms with Crippen molar-refractivity contribution in [2.45, 2.75) is 57.5 Å². The van der Waals surface area contributed by atoms with Crippen molar-refractivity contribution >= 4 is 0 Å². The largest absolute Gasteiger partial charge is 0.311 e. The number of hydrogen-bond acceptors (Lipinski definition) is 3. The third-order valence-corrected chi connectivity index (χ3v) is 7.72. The van der Waals surface area contributed by atoms with E-state index in [1.54, 1.807) is 0 Å². The van der Waals surface area contributed by atoms with E-state index in [1.165, 1.54) is 62.9 Å². The summed E-state index contributed by atoms with van der Waals surface area (Å²) in [5.41, 5.74) is 4.65. The molecule has 3 heterocycles. The molecule has 1 aromatic carbocycles. The van der Waals surface area contributed by atoms with Crippen LogP contribution in [0, 0.1) is 11.8 Å². The van der Waals surface area contributed by atoms with Crippen LogP contribution in [-0.2, 0) is 13.1 Å². The fraction of sp³-hybridized carbons (Fsp3) is 0.593. The van der Waals surface area contributed by atoms with Crippen molar-refractivity contribution in [1.29, 1.82) is 0 Å². The van der Waals surface area contributed by atoms with E-state index in [1.807, 2.05) is 0 Å². The lowest BCUT2D eigenvalue weighted by atomic mass is 9.81. The van der Waals surface area contributed by atoms with Gasteiger partial charge in [0.15, 0.2) is 0 Å². The number of benzene rings is 1. The zero-order valence-corrected chi connectivity index (χ0v) is 19.2. The van der Waals surface area contributed by atoms with Crippen LogP contribution >= 0.6 is 0 Å². The van der Waals surface area contributed by atoms with Crippen molar-refractivity contribution in [2.24, 2.45) is 11.8 Å². The van der Waals surface area contributed by atoms with Gasteiger partial charge in [-0.3, -0.25) is 4.79 Å². The van der Waals surface area contributed by atoms with E-state index in [0.717, 1.165) is 36.7 Å². The molecule has 2 bridgehead atoms. The Bertz CT molecular complexity index is 973. The topological polar surface area (TPSA) is 28.5 Å². The van der Waals surface area contributed by atoms with Gasteiger partial charge in [-0.1, -0.05) is 43.5 Å². The third-order valence-electron chi connectivity index (χ3n) is 7.72. The van der Waals surface area contributed by atoms with Gasteiger partial charge in [0.25, 0.3) is 5.56 Å². The van der Waals surface area contributed by atoms with Crippen molar-refractivity contribution in [3.63, 3.8) is 0 Å². The quantitative estimate of drug-likeness (QED) is 0.710. The molecule has 2 aliphatic heterocycles. The Labute approximate surface area is 186 Å². The molecule has 2 atom stereocenters. The van der Waals surface area contributed by atoms with Gasteiger partial charge in [-0.2, -0.15) is 0 Å². The van der Waals surface area contributed by atoms with Gasteiger partial charge in [0.2, 0.25) is 0 Å². The van der Waals surface area contributed by atoms with Crippen molar-refractivity contribution in [3.8, 4) is 11.1 Å². The molecule has 0 amide bonds. The molecular formula is C27H37N3O. The SMILES string of the molecule is CN(C)Cc1ccccc1-c1ccc2n(c1=O)C[C@@H]1C[C@@H]2CN(CC2CCCCC2)C1. The van der Waals surface area contributed by atoms with E-state index in [4.69, 9.17) is 0 Å². The summed E-state index contributed by atoms with van der Waals surface area (Å²) in [5, 5.41) is 0. The average Bonchev–Trinajstić information content (AvgIpc) is 2.75. The number of fused-ring (bicyclic) bond motifs is 4. The summed E-state index contributed by atoms with van der Waals surface area (Å²) in [4.78, 5) is 18.5. The summed E-state index contributed by atoms with van der Waals surface area (Å²) in [5.74, 6) is 2.01. The zero-order valence-electron chi connectivity index (χ0n) is 19.2. The predicted molar refractivity (Wildman–Crippen MR) is 127 cm³/mol. The van der Waals surface area contributed by atoms with Crippen molar-refractivity contribution in [1.82, 2.24) is 14.4 Å². The molecule has 0 spiro atoms. The molecule has 0 radical (unpaired) electrons. The van der Waals surface area contributed by atoms with Gasteiger partial charge in [-0.15, -0.1) is 0 Å². The Morgan fingerprint density at radius 1 is 0.935 bits per heavy atom. The van der Waals surface area contributed by atoms with Gasteiger partial charge in [0, 0.05) is 49.9 Å². The van der Waals surface area contributed by atoms with Crippen molar-refractivity contribution in [3.05, 3.63) is 58.0 Å². The van der Waals surface area contributed by atoms with Crippen LogP contribution in [-0.4, -0.2) is 48.1 Å². The van der Waals surface area contributed by atoms with E-state index < -0.39 is 0 Å². The monoisotopic (exact) mass is 419 g/mol. The predicted octanol–water partition coefficient (Wildman–Crippen LogP) is 4.58. The zero-order chi connectivity index (χ0) is 21.4. The second-order valence-corrected chi connectivity index (χ2v) is 10.5. The Kier molecular flexibility index (Phi) is 6.03. The first-order chi connectivity index (χ1) is 15.1. The fourth-order valence-corrected chi connectivity index (χ4v) is 6.40. The fourth-order valence-electron chi connectivity index (χ4n) is 6.40. The molecule has 4 nitrogen and oxygen atoms in total. The number of nitrogens with zero attached hydrogens (tertiary/aromatic N) is 3. The van der Waals surface area contributed by atoms with Gasteiger partial charge in [-0.25, -0.2) is 0 Å². The lowest BCUT2D eigenvalue weighted by Crippen LogP contribution is -2.48. The molecule has 1 aromatic heterocycles. The molecule has 4 heteroatoms. The van der Waals surface area contributed by atoms with E-state index in [0.29, 0.717) is 11.8 Å². The van der Waals surface area contributed by atoms with E-state index >= 15 is 0 Å². The Balaban J connectivity index is 1.41. The Morgan fingerprint density at radius 2 is 1.74 bits per heavy atom. The van der Waals surface area contributed by atoms with Crippen LogP contribution in [0.1, 0.15) is 55.7 Å². The maximum Gasteiger partial charge on any atom is 0.258 e. The molecule has 1 saturated heterocycles. The van der Waals surface area contributed by atoms with Gasteiger partial charge in [0.05, 0.1) is 0 Å². The highest BCUT2D eigenvalue weighted by molar-refractivity contribution is 5.66. The van der Waals surface area contributed by atoms with Crippen LogP contribution in [0.3, 0.4) is 0 Å². The molecule has 31 heavy (non-hydrogen) atoms. The Morgan fingerprint density at radius 3 is 2.55 bits per heavy atom. The van der Waals surface area contributed by atoms with Gasteiger partial charge in [-0.05, 0) is 68.5 Å². The van der Waals surface area contributed by atoms with Crippen LogP contribution in [0.2, 0.25) is 0 Å². The summed E-state index contributed by atoms with van der Waals surface area (Å²) in [7, 11) is 4.16. The maximum atomic E-state index is 13.6. The number of likely N-dealkylation sites (tertiary alicyclic amines) is 1. The van der Waals surface area contributed by atoms with Crippen LogP contribution in [0.5, 0.6) is 0 Å². The van der Waals surface area contributed by atoms with E-state index in [-0.39, 0.29) is 5.56 Å². The highest BCUT2D eigenvalue weighted by Gasteiger charge is 2.35. The van der Waals surface area contributed by atoms with Crippen LogP contribution in [0.25, 0.3) is 11.1 Å². The lowest BCUT2D eigenvalue weighted by molar-refractivity contribution is 0.0967. The van der Waals surface area contributed by atoms with Gasteiger partial charge >= 0.3 is 0 Å². The first-order valence-electron chi connectivity index (χ1n) is 12.3. The molecule has 2 fully saturated rings. The minimum absolute atomic E-state index is 0.208. The normalized spacial score (nSPS) is 24.4. The smallest absolute Gasteiger partial charge is 0.258 e. The molecular weight excluding hydrogens is 382 g/mol. The lowest BCUT2D eigenvalue weighted by Gasteiger charge is -2.44. The van der Waals surface area contributed by atoms with Crippen LogP contribution < -0.4 is 5.56 Å². The number of pyridine rings is 1. The Hall–Kier alpha value is -1.91. The standard InChI is InChI=1S/C27H37N3O/c1-28(2)18-22-10-6-7-11-24(22)25-12-13-26-23-14-21(17-30(26)27(25)31)16-29(19-23)15-20-8-4-3-5-9-20/h6-7,10-13,20-21,23H,3-5,8-9,14-19H2,1-2H3/t21-,23-/m1/s1. The summed E-state index contributed by atoms with van der Waals surface area (Å²) in [6, 6.07) is 12.7.